The molecule has 15 heavy (non-hydrogen) atoms. The molecule has 1 nitrogen and oxygen atoms in total. The molecule has 1 aromatic carbocycles. The third-order valence-corrected chi connectivity index (χ3v) is 3.02. The maximum atomic E-state index is 13.3. The zero-order valence-electron chi connectivity index (χ0n) is 9.08. The summed E-state index contributed by atoms with van der Waals surface area (Å²) in [6.07, 6.45) is 4.77. The molecule has 0 N–H and O–H groups in total. The van der Waals surface area contributed by atoms with Crippen molar-refractivity contribution >= 4 is 0 Å². The van der Waals surface area contributed by atoms with E-state index in [1.807, 2.05) is 6.07 Å². The fourth-order valence-corrected chi connectivity index (χ4v) is 2.21. The fraction of sp³-hybridized carbons (Fsp3) is 0.538. The average molecular weight is 208 g/mol. The zero-order chi connectivity index (χ0) is 10.7. The van der Waals surface area contributed by atoms with Crippen molar-refractivity contribution in [3.05, 3.63) is 30.1 Å². The number of rotatable bonds is 2. The number of hydrogen-bond donors (Lipinski definition) is 0. The second kappa shape index (κ2) is 4.65. The second-order valence-corrected chi connectivity index (χ2v) is 4.44. The van der Waals surface area contributed by atoms with Crippen LogP contribution in [0.1, 0.15) is 32.6 Å². The molecular formula is C13H17FO. The molecular weight excluding hydrogens is 191 g/mol. The molecule has 1 aliphatic rings. The standard InChI is InChI=1S/C13H17FO/c1-10-5-4-6-11(9-10)15-13-8-3-2-7-12(13)14/h2-3,7-8,10-11H,4-6,9H2,1H3. The maximum Gasteiger partial charge on any atom is 0.165 e. The van der Waals surface area contributed by atoms with Gasteiger partial charge in [0.25, 0.3) is 0 Å². The molecule has 0 heterocycles. The van der Waals surface area contributed by atoms with Crippen molar-refractivity contribution in [2.45, 2.75) is 38.7 Å². The van der Waals surface area contributed by atoms with Crippen LogP contribution in [0, 0.1) is 11.7 Å². The van der Waals surface area contributed by atoms with Crippen LogP contribution in [0.3, 0.4) is 0 Å². The first-order chi connectivity index (χ1) is 7.25. The number of para-hydroxylation sites is 1. The Morgan fingerprint density at radius 1 is 1.27 bits per heavy atom. The maximum absolute atomic E-state index is 13.3. The van der Waals surface area contributed by atoms with Gasteiger partial charge in [-0.3, -0.25) is 0 Å². The summed E-state index contributed by atoms with van der Waals surface area (Å²) in [5.41, 5.74) is 0. The zero-order valence-corrected chi connectivity index (χ0v) is 9.08. The van der Waals surface area contributed by atoms with Gasteiger partial charge in [-0.15, -0.1) is 0 Å². The van der Waals surface area contributed by atoms with Crippen molar-refractivity contribution in [2.24, 2.45) is 5.92 Å². The molecule has 0 amide bonds. The monoisotopic (exact) mass is 208 g/mol. The van der Waals surface area contributed by atoms with Gasteiger partial charge in [0.05, 0.1) is 6.10 Å². The average Bonchev–Trinajstić information content (AvgIpc) is 2.22. The summed E-state index contributed by atoms with van der Waals surface area (Å²) in [7, 11) is 0. The minimum Gasteiger partial charge on any atom is -0.487 e. The highest BCUT2D eigenvalue weighted by Gasteiger charge is 2.20. The van der Waals surface area contributed by atoms with Gasteiger partial charge < -0.3 is 4.74 Å². The van der Waals surface area contributed by atoms with Crippen LogP contribution >= 0.6 is 0 Å². The Balaban J connectivity index is 1.99. The van der Waals surface area contributed by atoms with E-state index in [9.17, 15) is 4.39 Å². The third-order valence-electron chi connectivity index (χ3n) is 3.02. The Bertz CT molecular complexity index is 324. The van der Waals surface area contributed by atoms with E-state index in [4.69, 9.17) is 4.74 Å². The molecule has 0 spiro atoms. The first-order valence-corrected chi connectivity index (χ1v) is 5.67. The van der Waals surface area contributed by atoms with Crippen LogP contribution in [-0.4, -0.2) is 6.10 Å². The summed E-state index contributed by atoms with van der Waals surface area (Å²) in [6, 6.07) is 6.65. The van der Waals surface area contributed by atoms with Gasteiger partial charge in [-0.25, -0.2) is 4.39 Å². The van der Waals surface area contributed by atoms with E-state index in [-0.39, 0.29) is 11.9 Å². The summed E-state index contributed by atoms with van der Waals surface area (Å²) in [6.45, 7) is 2.23. The van der Waals surface area contributed by atoms with E-state index in [1.54, 1.807) is 12.1 Å². The van der Waals surface area contributed by atoms with E-state index >= 15 is 0 Å². The van der Waals surface area contributed by atoms with E-state index < -0.39 is 0 Å². The first-order valence-electron chi connectivity index (χ1n) is 5.67. The lowest BCUT2D eigenvalue weighted by Crippen LogP contribution is -2.24. The fourth-order valence-electron chi connectivity index (χ4n) is 2.21. The Labute approximate surface area is 90.3 Å². The van der Waals surface area contributed by atoms with Crippen LogP contribution < -0.4 is 4.74 Å². The minimum atomic E-state index is -0.254. The van der Waals surface area contributed by atoms with Crippen molar-refractivity contribution in [1.82, 2.24) is 0 Å². The Kier molecular flexibility index (Phi) is 3.24. The van der Waals surface area contributed by atoms with E-state index in [0.29, 0.717) is 11.7 Å². The van der Waals surface area contributed by atoms with Crippen molar-refractivity contribution in [3.8, 4) is 5.75 Å². The normalized spacial score (nSPS) is 26.3. The number of hydrogen-bond acceptors (Lipinski definition) is 1. The molecule has 0 bridgehead atoms. The predicted molar refractivity (Wildman–Crippen MR) is 58.4 cm³/mol. The molecule has 0 aliphatic heterocycles. The number of halogens is 1. The van der Waals surface area contributed by atoms with Crippen LogP contribution in [0.2, 0.25) is 0 Å². The highest BCUT2D eigenvalue weighted by atomic mass is 19.1. The molecule has 2 atom stereocenters. The largest absolute Gasteiger partial charge is 0.487 e. The molecule has 1 fully saturated rings. The summed E-state index contributed by atoms with van der Waals surface area (Å²) >= 11 is 0. The number of benzene rings is 1. The van der Waals surface area contributed by atoms with Gasteiger partial charge in [-0.05, 0) is 37.3 Å². The molecule has 2 rings (SSSR count). The van der Waals surface area contributed by atoms with Gasteiger partial charge >= 0.3 is 0 Å². The van der Waals surface area contributed by atoms with Crippen LogP contribution in [0.15, 0.2) is 24.3 Å². The highest BCUT2D eigenvalue weighted by molar-refractivity contribution is 5.23. The SMILES string of the molecule is CC1CCCC(Oc2ccccc2F)C1. The molecule has 0 saturated heterocycles. The second-order valence-electron chi connectivity index (χ2n) is 4.44. The van der Waals surface area contributed by atoms with E-state index in [2.05, 4.69) is 6.92 Å². The van der Waals surface area contributed by atoms with Crippen molar-refractivity contribution in [2.75, 3.05) is 0 Å². The Morgan fingerprint density at radius 3 is 2.80 bits per heavy atom. The topological polar surface area (TPSA) is 9.23 Å². The minimum absolute atomic E-state index is 0.200. The highest BCUT2D eigenvalue weighted by Crippen LogP contribution is 2.28. The lowest BCUT2D eigenvalue weighted by Gasteiger charge is -2.27. The molecule has 2 unspecified atom stereocenters. The van der Waals surface area contributed by atoms with Gasteiger partial charge in [0.2, 0.25) is 0 Å². The van der Waals surface area contributed by atoms with E-state index in [0.717, 1.165) is 12.8 Å². The van der Waals surface area contributed by atoms with Gasteiger partial charge in [0, 0.05) is 0 Å². The van der Waals surface area contributed by atoms with Gasteiger partial charge in [-0.2, -0.15) is 0 Å². The molecule has 2 heteroatoms. The predicted octanol–water partition coefficient (Wildman–Crippen LogP) is 3.78. The quantitative estimate of drug-likeness (QED) is 0.718. The Morgan fingerprint density at radius 2 is 2.07 bits per heavy atom. The van der Waals surface area contributed by atoms with Gasteiger partial charge in [-0.1, -0.05) is 25.5 Å². The number of ether oxygens (including phenoxy) is 1. The van der Waals surface area contributed by atoms with Gasteiger partial charge in [0.1, 0.15) is 0 Å². The van der Waals surface area contributed by atoms with Crippen LogP contribution in [0.25, 0.3) is 0 Å². The molecule has 1 aromatic rings. The third kappa shape index (κ3) is 2.71. The molecule has 0 radical (unpaired) electrons. The van der Waals surface area contributed by atoms with Crippen LogP contribution in [0.5, 0.6) is 5.75 Å². The lowest BCUT2D eigenvalue weighted by molar-refractivity contribution is 0.124. The lowest BCUT2D eigenvalue weighted by atomic mass is 9.89. The molecule has 1 aliphatic carbocycles. The van der Waals surface area contributed by atoms with Crippen molar-refractivity contribution in [3.63, 3.8) is 0 Å². The summed E-state index contributed by atoms with van der Waals surface area (Å²) < 4.78 is 19.0. The smallest absolute Gasteiger partial charge is 0.165 e. The van der Waals surface area contributed by atoms with Crippen molar-refractivity contribution < 1.29 is 9.13 Å². The Hall–Kier alpha value is -1.05. The van der Waals surface area contributed by atoms with Gasteiger partial charge in [0.15, 0.2) is 11.6 Å². The summed E-state index contributed by atoms with van der Waals surface area (Å²) in [4.78, 5) is 0. The summed E-state index contributed by atoms with van der Waals surface area (Å²) in [5, 5.41) is 0. The first kappa shape index (κ1) is 10.5. The van der Waals surface area contributed by atoms with Crippen LogP contribution in [-0.2, 0) is 0 Å². The molecule has 0 aromatic heterocycles. The molecule has 1 saturated carbocycles. The van der Waals surface area contributed by atoms with Crippen LogP contribution in [0.4, 0.5) is 4.39 Å². The molecule has 82 valence electrons. The van der Waals surface area contributed by atoms with Crippen molar-refractivity contribution in [1.29, 1.82) is 0 Å². The van der Waals surface area contributed by atoms with E-state index in [1.165, 1.54) is 18.9 Å². The summed E-state index contributed by atoms with van der Waals surface area (Å²) in [5.74, 6) is 0.850.